The van der Waals surface area contributed by atoms with Crippen molar-refractivity contribution in [3.8, 4) is 0 Å². The van der Waals surface area contributed by atoms with E-state index in [1.54, 1.807) is 0 Å². The number of aryl methyl sites for hydroxylation is 2. The number of benzene rings is 2. The molecule has 0 unspecified atom stereocenters. The summed E-state index contributed by atoms with van der Waals surface area (Å²) in [4.78, 5) is 5.15. The van der Waals surface area contributed by atoms with E-state index in [1.165, 1.54) is 48.4 Å². The van der Waals surface area contributed by atoms with Gasteiger partial charge in [0.05, 0.1) is 0 Å². The highest BCUT2D eigenvalue weighted by Crippen LogP contribution is 2.14. The Hall–Kier alpha value is -1.64. The molecule has 0 amide bonds. The predicted molar refractivity (Wildman–Crippen MR) is 92.9 cm³/mol. The summed E-state index contributed by atoms with van der Waals surface area (Å²) in [7, 11) is 0. The second-order valence-electron chi connectivity index (χ2n) is 6.47. The Balaban J connectivity index is 1.51. The number of hydrogen-bond acceptors (Lipinski definition) is 2. The van der Waals surface area contributed by atoms with Crippen LogP contribution in [0.4, 0.5) is 0 Å². The summed E-state index contributed by atoms with van der Waals surface area (Å²) in [6.07, 6.45) is 0. The summed E-state index contributed by atoms with van der Waals surface area (Å²) in [5.74, 6) is 0. The topological polar surface area (TPSA) is 6.48 Å². The Bertz CT molecular complexity index is 613. The lowest BCUT2D eigenvalue weighted by atomic mass is 10.1. The molecule has 0 atom stereocenters. The summed E-state index contributed by atoms with van der Waals surface area (Å²) in [6, 6.07) is 17.6. The van der Waals surface area contributed by atoms with Crippen molar-refractivity contribution < 1.29 is 0 Å². The summed E-state index contributed by atoms with van der Waals surface area (Å²) in [6.45, 7) is 11.2. The van der Waals surface area contributed by atoms with Gasteiger partial charge < -0.3 is 0 Å². The first kappa shape index (κ1) is 15.3. The van der Waals surface area contributed by atoms with Crippen LogP contribution in [0.3, 0.4) is 0 Å². The third-order valence-electron chi connectivity index (χ3n) is 4.61. The lowest BCUT2D eigenvalue weighted by molar-refractivity contribution is 0.122. The molecule has 116 valence electrons. The molecule has 0 aromatic heterocycles. The number of rotatable bonds is 4. The number of piperazine rings is 1. The summed E-state index contributed by atoms with van der Waals surface area (Å²) >= 11 is 0. The molecule has 1 fully saturated rings. The number of hydrogen-bond donors (Lipinski definition) is 0. The van der Waals surface area contributed by atoms with Crippen molar-refractivity contribution >= 4 is 0 Å². The third-order valence-corrected chi connectivity index (χ3v) is 4.61. The molecule has 0 bridgehead atoms. The molecule has 1 heterocycles. The molecule has 2 aromatic rings. The first-order chi connectivity index (χ1) is 10.7. The molecule has 3 rings (SSSR count). The second kappa shape index (κ2) is 7.08. The van der Waals surface area contributed by atoms with E-state index in [-0.39, 0.29) is 0 Å². The van der Waals surface area contributed by atoms with Gasteiger partial charge in [-0.2, -0.15) is 0 Å². The Kier molecular flexibility index (Phi) is 4.91. The molecule has 0 spiro atoms. The van der Waals surface area contributed by atoms with E-state index in [4.69, 9.17) is 0 Å². The van der Waals surface area contributed by atoms with Crippen molar-refractivity contribution in [3.05, 3.63) is 70.8 Å². The lowest BCUT2D eigenvalue weighted by Gasteiger charge is -2.35. The van der Waals surface area contributed by atoms with E-state index in [2.05, 4.69) is 72.2 Å². The van der Waals surface area contributed by atoms with Crippen LogP contribution in [0.5, 0.6) is 0 Å². The minimum atomic E-state index is 1.08. The second-order valence-corrected chi connectivity index (χ2v) is 6.47. The molecular formula is C20H26N2. The molecule has 1 aliphatic heterocycles. The monoisotopic (exact) mass is 294 g/mol. The largest absolute Gasteiger partial charge is 0.297 e. The molecule has 2 heteroatoms. The highest BCUT2D eigenvalue weighted by molar-refractivity contribution is 5.25. The van der Waals surface area contributed by atoms with Gasteiger partial charge in [0.2, 0.25) is 0 Å². The molecule has 0 N–H and O–H groups in total. The van der Waals surface area contributed by atoms with E-state index in [9.17, 15) is 0 Å². The Morgan fingerprint density at radius 1 is 0.773 bits per heavy atom. The molecular weight excluding hydrogens is 268 g/mol. The van der Waals surface area contributed by atoms with Crippen LogP contribution in [0.2, 0.25) is 0 Å². The lowest BCUT2D eigenvalue weighted by Crippen LogP contribution is -2.45. The van der Waals surface area contributed by atoms with Gasteiger partial charge in [-0.15, -0.1) is 0 Å². The molecule has 0 saturated carbocycles. The van der Waals surface area contributed by atoms with Gasteiger partial charge in [0.25, 0.3) is 0 Å². The zero-order valence-electron chi connectivity index (χ0n) is 13.8. The highest BCUT2D eigenvalue weighted by atomic mass is 15.3. The first-order valence-electron chi connectivity index (χ1n) is 8.25. The smallest absolute Gasteiger partial charge is 0.0237 e. The van der Waals surface area contributed by atoms with Crippen LogP contribution in [-0.2, 0) is 13.1 Å². The van der Waals surface area contributed by atoms with E-state index < -0.39 is 0 Å². The van der Waals surface area contributed by atoms with Crippen molar-refractivity contribution in [2.75, 3.05) is 26.2 Å². The minimum Gasteiger partial charge on any atom is -0.297 e. The van der Waals surface area contributed by atoms with E-state index in [0.29, 0.717) is 0 Å². The van der Waals surface area contributed by atoms with E-state index >= 15 is 0 Å². The molecule has 0 radical (unpaired) electrons. The van der Waals surface area contributed by atoms with Crippen LogP contribution in [0, 0.1) is 13.8 Å². The summed E-state index contributed by atoms with van der Waals surface area (Å²) in [5, 5.41) is 0. The summed E-state index contributed by atoms with van der Waals surface area (Å²) < 4.78 is 0. The van der Waals surface area contributed by atoms with Crippen LogP contribution in [0.25, 0.3) is 0 Å². The maximum atomic E-state index is 2.58. The fraction of sp³-hybridized carbons (Fsp3) is 0.400. The SMILES string of the molecule is Cc1cccc(CN2CCN(Cc3ccccc3C)CC2)c1. The van der Waals surface area contributed by atoms with Gasteiger partial charge in [-0.1, -0.05) is 54.1 Å². The van der Waals surface area contributed by atoms with Crippen molar-refractivity contribution in [2.45, 2.75) is 26.9 Å². The first-order valence-corrected chi connectivity index (χ1v) is 8.25. The fourth-order valence-electron chi connectivity index (χ4n) is 3.20. The van der Waals surface area contributed by atoms with Gasteiger partial charge in [-0.25, -0.2) is 0 Å². The molecule has 1 saturated heterocycles. The normalized spacial score (nSPS) is 16.8. The maximum absolute atomic E-state index is 2.58. The molecule has 0 aliphatic carbocycles. The summed E-state index contributed by atoms with van der Waals surface area (Å²) in [5.41, 5.74) is 5.67. The van der Waals surface area contributed by atoms with Crippen LogP contribution in [0.15, 0.2) is 48.5 Å². The molecule has 2 nitrogen and oxygen atoms in total. The van der Waals surface area contributed by atoms with Crippen LogP contribution in [0.1, 0.15) is 22.3 Å². The van der Waals surface area contributed by atoms with Crippen molar-refractivity contribution in [1.29, 1.82) is 0 Å². The van der Waals surface area contributed by atoms with Gasteiger partial charge in [-0.05, 0) is 30.5 Å². The van der Waals surface area contributed by atoms with Crippen LogP contribution in [-0.4, -0.2) is 36.0 Å². The van der Waals surface area contributed by atoms with Crippen molar-refractivity contribution in [1.82, 2.24) is 9.80 Å². The van der Waals surface area contributed by atoms with Crippen molar-refractivity contribution in [3.63, 3.8) is 0 Å². The molecule has 22 heavy (non-hydrogen) atoms. The van der Waals surface area contributed by atoms with Crippen LogP contribution < -0.4 is 0 Å². The number of nitrogens with zero attached hydrogens (tertiary/aromatic N) is 2. The zero-order valence-corrected chi connectivity index (χ0v) is 13.8. The van der Waals surface area contributed by atoms with Gasteiger partial charge in [0.1, 0.15) is 0 Å². The highest BCUT2D eigenvalue weighted by Gasteiger charge is 2.17. The standard InChI is InChI=1S/C20H26N2/c1-17-6-5-8-19(14-17)15-21-10-12-22(13-11-21)16-20-9-4-3-7-18(20)2/h3-9,14H,10-13,15-16H2,1-2H3. The Labute approximate surface area is 134 Å². The van der Waals surface area contributed by atoms with Crippen molar-refractivity contribution in [2.24, 2.45) is 0 Å². The van der Waals surface area contributed by atoms with Gasteiger partial charge in [0.15, 0.2) is 0 Å². The Morgan fingerprint density at radius 3 is 2.14 bits per heavy atom. The molecule has 2 aromatic carbocycles. The predicted octanol–water partition coefficient (Wildman–Crippen LogP) is 3.62. The van der Waals surface area contributed by atoms with E-state index in [0.717, 1.165) is 13.1 Å². The van der Waals surface area contributed by atoms with Gasteiger partial charge >= 0.3 is 0 Å². The quantitative estimate of drug-likeness (QED) is 0.850. The maximum Gasteiger partial charge on any atom is 0.0237 e. The van der Waals surface area contributed by atoms with Gasteiger partial charge in [-0.3, -0.25) is 9.80 Å². The third kappa shape index (κ3) is 3.96. The van der Waals surface area contributed by atoms with E-state index in [1.807, 2.05) is 0 Å². The minimum absolute atomic E-state index is 1.08. The zero-order chi connectivity index (χ0) is 15.4. The van der Waals surface area contributed by atoms with Gasteiger partial charge in [0, 0.05) is 39.3 Å². The average molecular weight is 294 g/mol. The molecule has 1 aliphatic rings. The average Bonchev–Trinajstić information content (AvgIpc) is 2.52. The Morgan fingerprint density at radius 2 is 1.45 bits per heavy atom. The fourth-order valence-corrected chi connectivity index (χ4v) is 3.20. The van der Waals surface area contributed by atoms with Crippen LogP contribution >= 0.6 is 0 Å².